The van der Waals surface area contributed by atoms with E-state index in [9.17, 15) is 9.18 Å². The molecule has 1 N–H and O–H groups in total. The molecule has 4 heteroatoms. The summed E-state index contributed by atoms with van der Waals surface area (Å²) in [7, 11) is 0. The molecule has 0 radical (unpaired) electrons. The van der Waals surface area contributed by atoms with Crippen LogP contribution >= 0.6 is 11.6 Å². The first-order valence-corrected chi connectivity index (χ1v) is 6.19. The van der Waals surface area contributed by atoms with E-state index in [1.54, 1.807) is 25.1 Å². The van der Waals surface area contributed by atoms with Crippen molar-refractivity contribution >= 4 is 23.2 Å². The van der Waals surface area contributed by atoms with Gasteiger partial charge in [0.2, 0.25) is 0 Å². The molecular weight excluding hydrogens is 265 g/mol. The maximum Gasteiger partial charge on any atom is 0.258 e. The summed E-state index contributed by atoms with van der Waals surface area (Å²) in [5.41, 5.74) is 2.29. The summed E-state index contributed by atoms with van der Waals surface area (Å²) in [6.45, 7) is 3.70. The lowest BCUT2D eigenvalue weighted by Crippen LogP contribution is -2.14. The molecule has 0 aliphatic carbocycles. The highest BCUT2D eigenvalue weighted by molar-refractivity contribution is 6.34. The van der Waals surface area contributed by atoms with Gasteiger partial charge in [-0.1, -0.05) is 29.3 Å². The predicted molar refractivity (Wildman–Crippen MR) is 75.3 cm³/mol. The summed E-state index contributed by atoms with van der Waals surface area (Å²) in [6.07, 6.45) is 0. The monoisotopic (exact) mass is 277 g/mol. The molecule has 0 fully saturated rings. The Bertz CT molecular complexity index is 640. The van der Waals surface area contributed by atoms with E-state index < -0.39 is 11.7 Å². The zero-order chi connectivity index (χ0) is 14.0. The molecule has 0 bridgehead atoms. The molecule has 0 saturated carbocycles. The fourth-order valence-corrected chi connectivity index (χ4v) is 2.01. The number of hydrogen-bond acceptors (Lipinski definition) is 1. The molecule has 0 unspecified atom stereocenters. The Morgan fingerprint density at radius 1 is 1.11 bits per heavy atom. The number of benzene rings is 2. The van der Waals surface area contributed by atoms with Crippen molar-refractivity contribution in [3.63, 3.8) is 0 Å². The van der Waals surface area contributed by atoms with Crippen molar-refractivity contribution in [1.29, 1.82) is 0 Å². The molecule has 0 aliphatic heterocycles. The van der Waals surface area contributed by atoms with Crippen LogP contribution in [0.25, 0.3) is 0 Å². The summed E-state index contributed by atoms with van der Waals surface area (Å²) in [4.78, 5) is 12.0. The zero-order valence-corrected chi connectivity index (χ0v) is 11.4. The Kier molecular flexibility index (Phi) is 3.86. The van der Waals surface area contributed by atoms with Gasteiger partial charge in [-0.2, -0.15) is 0 Å². The first kappa shape index (κ1) is 13.6. The molecule has 0 heterocycles. The van der Waals surface area contributed by atoms with Gasteiger partial charge in [0.15, 0.2) is 0 Å². The third kappa shape index (κ3) is 3.12. The van der Waals surface area contributed by atoms with E-state index >= 15 is 0 Å². The number of halogens is 2. The lowest BCUT2D eigenvalue weighted by molar-refractivity contribution is 0.102. The molecule has 2 rings (SSSR count). The van der Waals surface area contributed by atoms with Crippen LogP contribution in [0.15, 0.2) is 36.4 Å². The van der Waals surface area contributed by atoms with Crippen LogP contribution in [0.1, 0.15) is 21.5 Å². The van der Waals surface area contributed by atoms with Crippen molar-refractivity contribution in [2.24, 2.45) is 0 Å². The molecule has 0 aliphatic rings. The highest BCUT2D eigenvalue weighted by atomic mass is 35.5. The second-order valence-corrected chi connectivity index (χ2v) is 4.83. The maximum absolute atomic E-state index is 13.6. The number of carbonyl (C=O) groups is 1. The summed E-state index contributed by atoms with van der Waals surface area (Å²) < 4.78 is 13.6. The summed E-state index contributed by atoms with van der Waals surface area (Å²) >= 11 is 6.02. The predicted octanol–water partition coefficient (Wildman–Crippen LogP) is 4.35. The van der Waals surface area contributed by atoms with Crippen LogP contribution in [0.5, 0.6) is 0 Å². The SMILES string of the molecule is Cc1ccc(NC(=O)c2cc(C)ccc2F)c(Cl)c1. The molecule has 19 heavy (non-hydrogen) atoms. The number of hydrogen-bond donors (Lipinski definition) is 1. The molecule has 0 saturated heterocycles. The molecule has 2 aromatic rings. The number of aryl methyl sites for hydroxylation is 2. The van der Waals surface area contributed by atoms with Gasteiger partial charge < -0.3 is 5.32 Å². The summed E-state index contributed by atoms with van der Waals surface area (Å²) in [6, 6.07) is 9.67. The van der Waals surface area contributed by atoms with Crippen LogP contribution < -0.4 is 5.32 Å². The van der Waals surface area contributed by atoms with E-state index in [0.29, 0.717) is 10.7 Å². The van der Waals surface area contributed by atoms with E-state index in [-0.39, 0.29) is 5.56 Å². The molecule has 98 valence electrons. The summed E-state index contributed by atoms with van der Waals surface area (Å²) in [5, 5.41) is 3.04. The van der Waals surface area contributed by atoms with Crippen LogP contribution in [-0.2, 0) is 0 Å². The highest BCUT2D eigenvalue weighted by Crippen LogP contribution is 2.23. The van der Waals surface area contributed by atoms with Crippen molar-refractivity contribution in [2.45, 2.75) is 13.8 Å². The van der Waals surface area contributed by atoms with Gasteiger partial charge in [-0.25, -0.2) is 4.39 Å². The van der Waals surface area contributed by atoms with Gasteiger partial charge in [-0.05, 0) is 43.7 Å². The summed E-state index contributed by atoms with van der Waals surface area (Å²) in [5.74, 6) is -1.06. The highest BCUT2D eigenvalue weighted by Gasteiger charge is 2.13. The van der Waals surface area contributed by atoms with Crippen LogP contribution in [0.3, 0.4) is 0 Å². The third-order valence-corrected chi connectivity index (χ3v) is 3.05. The average Bonchev–Trinajstić information content (AvgIpc) is 2.35. The molecule has 0 atom stereocenters. The zero-order valence-electron chi connectivity index (χ0n) is 10.6. The number of amides is 1. The van der Waals surface area contributed by atoms with E-state index in [2.05, 4.69) is 5.32 Å². The Labute approximate surface area is 116 Å². The fraction of sp³-hybridized carbons (Fsp3) is 0.133. The fourth-order valence-electron chi connectivity index (χ4n) is 1.72. The standard InChI is InChI=1S/C15H13ClFNO/c1-9-3-5-13(17)11(7-9)15(19)18-14-6-4-10(2)8-12(14)16/h3-8H,1-2H3,(H,18,19). The number of rotatable bonds is 2. The molecule has 0 aromatic heterocycles. The number of carbonyl (C=O) groups excluding carboxylic acids is 1. The topological polar surface area (TPSA) is 29.1 Å². The first-order chi connectivity index (χ1) is 8.97. The Morgan fingerprint density at radius 3 is 2.42 bits per heavy atom. The Balaban J connectivity index is 2.28. The third-order valence-electron chi connectivity index (χ3n) is 2.74. The first-order valence-electron chi connectivity index (χ1n) is 5.81. The molecule has 1 amide bonds. The van der Waals surface area contributed by atoms with Crippen LogP contribution in [0, 0.1) is 19.7 Å². The Morgan fingerprint density at radius 2 is 1.74 bits per heavy atom. The minimum absolute atomic E-state index is 0.0108. The Hall–Kier alpha value is -1.87. The molecule has 0 spiro atoms. The van der Waals surface area contributed by atoms with Crippen molar-refractivity contribution in [2.75, 3.05) is 5.32 Å². The van der Waals surface area contributed by atoms with Crippen molar-refractivity contribution in [1.82, 2.24) is 0 Å². The number of anilines is 1. The van der Waals surface area contributed by atoms with Crippen molar-refractivity contribution < 1.29 is 9.18 Å². The van der Waals surface area contributed by atoms with Gasteiger partial charge in [0.1, 0.15) is 5.82 Å². The van der Waals surface area contributed by atoms with Crippen molar-refractivity contribution in [3.8, 4) is 0 Å². The van der Waals surface area contributed by atoms with E-state index in [4.69, 9.17) is 11.6 Å². The van der Waals surface area contributed by atoms with E-state index in [1.807, 2.05) is 13.0 Å². The maximum atomic E-state index is 13.6. The lowest BCUT2D eigenvalue weighted by Gasteiger charge is -2.09. The van der Waals surface area contributed by atoms with Crippen molar-refractivity contribution in [3.05, 3.63) is 63.9 Å². The van der Waals surface area contributed by atoms with Crippen LogP contribution in [0.4, 0.5) is 10.1 Å². The van der Waals surface area contributed by atoms with Gasteiger partial charge in [0.05, 0.1) is 16.3 Å². The van der Waals surface area contributed by atoms with Crippen LogP contribution in [0.2, 0.25) is 5.02 Å². The van der Waals surface area contributed by atoms with Crippen LogP contribution in [-0.4, -0.2) is 5.91 Å². The minimum atomic E-state index is -0.550. The molecular formula is C15H13ClFNO. The van der Waals surface area contributed by atoms with Gasteiger partial charge in [-0.15, -0.1) is 0 Å². The molecule has 2 nitrogen and oxygen atoms in total. The van der Waals surface area contributed by atoms with Gasteiger partial charge in [0, 0.05) is 0 Å². The quantitative estimate of drug-likeness (QED) is 0.869. The number of nitrogens with one attached hydrogen (secondary N) is 1. The van der Waals surface area contributed by atoms with E-state index in [0.717, 1.165) is 11.1 Å². The second kappa shape index (κ2) is 5.41. The molecule has 2 aromatic carbocycles. The average molecular weight is 278 g/mol. The normalized spacial score (nSPS) is 10.3. The smallest absolute Gasteiger partial charge is 0.258 e. The lowest BCUT2D eigenvalue weighted by atomic mass is 10.1. The largest absolute Gasteiger partial charge is 0.321 e. The van der Waals surface area contributed by atoms with Gasteiger partial charge in [0.25, 0.3) is 5.91 Å². The van der Waals surface area contributed by atoms with Gasteiger partial charge >= 0.3 is 0 Å². The second-order valence-electron chi connectivity index (χ2n) is 4.42. The van der Waals surface area contributed by atoms with E-state index in [1.165, 1.54) is 12.1 Å². The van der Waals surface area contributed by atoms with Gasteiger partial charge in [-0.3, -0.25) is 4.79 Å². The minimum Gasteiger partial charge on any atom is -0.321 e.